The lowest BCUT2D eigenvalue weighted by Gasteiger charge is -2.15. The maximum Gasteiger partial charge on any atom is 0.320 e. The second kappa shape index (κ2) is 5.81. The first-order valence-corrected chi connectivity index (χ1v) is 7.15. The van der Waals surface area contributed by atoms with E-state index >= 15 is 0 Å². The second-order valence-corrected chi connectivity index (χ2v) is 5.43. The van der Waals surface area contributed by atoms with E-state index in [4.69, 9.17) is 14.6 Å². The first kappa shape index (κ1) is 14.6. The van der Waals surface area contributed by atoms with Gasteiger partial charge >= 0.3 is 5.97 Å². The number of nitrogens with one attached hydrogen (secondary N) is 1. The summed E-state index contributed by atoms with van der Waals surface area (Å²) in [6.07, 6.45) is 0.239. The number of carbonyl (C=O) groups is 1. The van der Waals surface area contributed by atoms with E-state index in [-0.39, 0.29) is 6.10 Å². The van der Waals surface area contributed by atoms with Crippen molar-refractivity contribution in [2.24, 2.45) is 0 Å². The van der Waals surface area contributed by atoms with Gasteiger partial charge in [0.2, 0.25) is 5.88 Å². The van der Waals surface area contributed by atoms with Crippen LogP contribution in [-0.2, 0) is 4.79 Å². The van der Waals surface area contributed by atoms with Gasteiger partial charge in [0.05, 0.1) is 7.11 Å². The molecule has 22 heavy (non-hydrogen) atoms. The summed E-state index contributed by atoms with van der Waals surface area (Å²) in [5.74, 6) is 0.464. The van der Waals surface area contributed by atoms with Gasteiger partial charge in [0, 0.05) is 24.0 Å². The fraction of sp³-hybridized carbons (Fsp3) is 0.375. The molecule has 116 valence electrons. The van der Waals surface area contributed by atoms with E-state index in [1.807, 2.05) is 31.2 Å². The predicted octanol–water partition coefficient (Wildman–Crippen LogP) is 1.75. The zero-order valence-corrected chi connectivity index (χ0v) is 12.5. The van der Waals surface area contributed by atoms with Gasteiger partial charge in [-0.05, 0) is 36.6 Å². The largest absolute Gasteiger partial charge is 0.497 e. The molecule has 2 heterocycles. The summed E-state index contributed by atoms with van der Waals surface area (Å²) in [7, 11) is 1.63. The average molecular weight is 302 g/mol. The highest BCUT2D eigenvalue weighted by Crippen LogP contribution is 2.29. The van der Waals surface area contributed by atoms with Crippen molar-refractivity contribution in [2.75, 3.05) is 13.7 Å². The minimum atomic E-state index is -0.849. The zero-order chi connectivity index (χ0) is 15.7. The fourth-order valence-corrected chi connectivity index (χ4v) is 2.69. The highest BCUT2D eigenvalue weighted by atomic mass is 16.5. The number of ether oxygens (including phenoxy) is 2. The monoisotopic (exact) mass is 302 g/mol. The smallest absolute Gasteiger partial charge is 0.320 e. The number of carboxylic acid groups (broad SMARTS) is 1. The van der Waals surface area contributed by atoms with E-state index in [0.29, 0.717) is 18.8 Å². The van der Waals surface area contributed by atoms with E-state index in [9.17, 15) is 4.79 Å². The van der Waals surface area contributed by atoms with Crippen molar-refractivity contribution in [2.45, 2.75) is 25.5 Å². The van der Waals surface area contributed by atoms with Gasteiger partial charge in [-0.25, -0.2) is 4.98 Å². The lowest BCUT2D eigenvalue weighted by Crippen LogP contribution is -2.30. The molecular weight excluding hydrogens is 284 g/mol. The molecule has 1 saturated heterocycles. The van der Waals surface area contributed by atoms with Crippen LogP contribution in [-0.4, -0.2) is 41.9 Å². The van der Waals surface area contributed by atoms with Crippen LogP contribution in [0.4, 0.5) is 0 Å². The number of carboxylic acids is 1. The molecule has 0 bridgehead atoms. The Hall–Kier alpha value is -2.34. The lowest BCUT2D eigenvalue weighted by molar-refractivity contribution is -0.139. The molecule has 1 unspecified atom stereocenters. The Balaban J connectivity index is 1.89. The molecule has 3 rings (SSSR count). The van der Waals surface area contributed by atoms with Crippen LogP contribution in [0.15, 0.2) is 24.3 Å². The summed E-state index contributed by atoms with van der Waals surface area (Å²) in [6.45, 7) is 2.41. The van der Waals surface area contributed by atoms with Crippen molar-refractivity contribution >= 4 is 16.7 Å². The van der Waals surface area contributed by atoms with Gasteiger partial charge in [-0.15, -0.1) is 0 Å². The number of benzene rings is 1. The molecule has 0 aliphatic carbocycles. The molecule has 0 spiro atoms. The lowest BCUT2D eigenvalue weighted by atomic mass is 10.1. The topological polar surface area (TPSA) is 80.7 Å². The van der Waals surface area contributed by atoms with Crippen molar-refractivity contribution in [3.05, 3.63) is 30.0 Å². The van der Waals surface area contributed by atoms with Crippen molar-refractivity contribution < 1.29 is 19.4 Å². The predicted molar refractivity (Wildman–Crippen MR) is 81.5 cm³/mol. The Morgan fingerprint density at radius 3 is 2.91 bits per heavy atom. The van der Waals surface area contributed by atoms with Crippen LogP contribution in [0.1, 0.15) is 12.1 Å². The van der Waals surface area contributed by atoms with Crippen LogP contribution in [0.2, 0.25) is 0 Å². The molecule has 2 aromatic rings. The van der Waals surface area contributed by atoms with Crippen molar-refractivity contribution in [1.29, 1.82) is 0 Å². The molecule has 1 fully saturated rings. The van der Waals surface area contributed by atoms with Crippen LogP contribution in [0.5, 0.6) is 11.6 Å². The Morgan fingerprint density at radius 1 is 1.41 bits per heavy atom. The number of rotatable bonds is 4. The van der Waals surface area contributed by atoms with Gasteiger partial charge in [0.15, 0.2) is 0 Å². The minimum absolute atomic E-state index is 0.194. The van der Waals surface area contributed by atoms with Crippen LogP contribution in [0.25, 0.3) is 10.8 Å². The quantitative estimate of drug-likeness (QED) is 0.895. The molecular formula is C16H18N2O4. The van der Waals surface area contributed by atoms with Gasteiger partial charge in [0.25, 0.3) is 0 Å². The molecule has 1 aromatic heterocycles. The highest BCUT2D eigenvalue weighted by Gasteiger charge is 2.31. The zero-order valence-electron chi connectivity index (χ0n) is 12.5. The maximum atomic E-state index is 11.0. The number of methoxy groups -OCH3 is 1. The number of hydrogen-bond acceptors (Lipinski definition) is 5. The third kappa shape index (κ3) is 2.82. The number of fused-ring (bicyclic) bond motifs is 1. The summed E-state index contributed by atoms with van der Waals surface area (Å²) in [4.78, 5) is 15.4. The molecule has 2 atom stereocenters. The van der Waals surface area contributed by atoms with Crippen LogP contribution >= 0.6 is 0 Å². The molecule has 1 aliphatic heterocycles. The first-order chi connectivity index (χ1) is 10.6. The molecule has 0 saturated carbocycles. The Kier molecular flexibility index (Phi) is 3.85. The van der Waals surface area contributed by atoms with Crippen LogP contribution in [0.3, 0.4) is 0 Å². The van der Waals surface area contributed by atoms with Crippen LogP contribution in [0, 0.1) is 6.92 Å². The fourth-order valence-electron chi connectivity index (χ4n) is 2.69. The second-order valence-electron chi connectivity index (χ2n) is 5.43. The maximum absolute atomic E-state index is 11.0. The average Bonchev–Trinajstić information content (AvgIpc) is 2.95. The summed E-state index contributed by atoms with van der Waals surface area (Å²) in [5.41, 5.74) is 0.844. The van der Waals surface area contributed by atoms with Gasteiger partial charge in [0.1, 0.15) is 17.9 Å². The molecule has 0 amide bonds. The Morgan fingerprint density at radius 2 is 2.23 bits per heavy atom. The number of aliphatic carboxylic acids is 1. The standard InChI is InChI=1S/C16H18N2O4/c1-9-5-10-6-11(21-2)3-4-13(10)15(18-9)22-12-7-14(16(19)20)17-8-12/h3-6,12,14,17H,7-8H2,1-2H3,(H,19,20)/t12-,14?/m1/s1. The minimum Gasteiger partial charge on any atom is -0.497 e. The van der Waals surface area contributed by atoms with Gasteiger partial charge < -0.3 is 19.9 Å². The van der Waals surface area contributed by atoms with Gasteiger partial charge in [-0.2, -0.15) is 0 Å². The molecule has 0 radical (unpaired) electrons. The molecule has 2 N–H and O–H groups in total. The van der Waals surface area contributed by atoms with Gasteiger partial charge in [-0.3, -0.25) is 4.79 Å². The summed E-state index contributed by atoms with van der Waals surface area (Å²) >= 11 is 0. The summed E-state index contributed by atoms with van der Waals surface area (Å²) < 4.78 is 11.2. The van der Waals surface area contributed by atoms with Crippen LogP contribution < -0.4 is 14.8 Å². The summed E-state index contributed by atoms with van der Waals surface area (Å²) in [5, 5.41) is 13.8. The van der Waals surface area contributed by atoms with Crippen molar-refractivity contribution in [1.82, 2.24) is 10.3 Å². The number of aromatic nitrogens is 1. The highest BCUT2D eigenvalue weighted by molar-refractivity contribution is 5.88. The number of aryl methyl sites for hydroxylation is 1. The third-order valence-electron chi connectivity index (χ3n) is 3.80. The van der Waals surface area contributed by atoms with E-state index in [1.165, 1.54) is 0 Å². The van der Waals surface area contributed by atoms with Crippen molar-refractivity contribution in [3.8, 4) is 11.6 Å². The van der Waals surface area contributed by atoms with E-state index in [1.54, 1.807) is 7.11 Å². The van der Waals surface area contributed by atoms with E-state index < -0.39 is 12.0 Å². The Labute approximate surface area is 128 Å². The molecule has 6 nitrogen and oxygen atoms in total. The first-order valence-electron chi connectivity index (χ1n) is 7.15. The van der Waals surface area contributed by atoms with Gasteiger partial charge in [-0.1, -0.05) is 0 Å². The third-order valence-corrected chi connectivity index (χ3v) is 3.80. The number of hydrogen-bond donors (Lipinski definition) is 2. The van der Waals surface area contributed by atoms with Crippen molar-refractivity contribution in [3.63, 3.8) is 0 Å². The van der Waals surface area contributed by atoms with E-state index in [2.05, 4.69) is 10.3 Å². The summed E-state index contributed by atoms with van der Waals surface area (Å²) in [6, 6.07) is 7.12. The number of pyridine rings is 1. The normalized spacial score (nSPS) is 21.0. The molecule has 1 aromatic carbocycles. The number of nitrogens with zero attached hydrogens (tertiary/aromatic N) is 1. The van der Waals surface area contributed by atoms with E-state index in [0.717, 1.165) is 22.2 Å². The Bertz CT molecular complexity index is 717. The molecule has 6 heteroatoms. The SMILES string of the molecule is COc1ccc2c(O[C@H]3CNC(C(=O)O)C3)nc(C)cc2c1. The molecule has 1 aliphatic rings.